The van der Waals surface area contributed by atoms with Gasteiger partial charge in [0, 0.05) is 15.3 Å². The van der Waals surface area contributed by atoms with Crippen LogP contribution in [0.5, 0.6) is 0 Å². The van der Waals surface area contributed by atoms with Crippen LogP contribution in [0.3, 0.4) is 0 Å². The van der Waals surface area contributed by atoms with E-state index >= 15 is 0 Å². The third kappa shape index (κ3) is 2.28. The number of fused-ring (bicyclic) bond motifs is 1. The zero-order chi connectivity index (χ0) is 14.3. The number of halogens is 1. The SMILES string of the molecule is Cc1ccc2oc(C)c(S(=O)c3ccc(Cl)cc3)c2c1. The van der Waals surface area contributed by atoms with Gasteiger partial charge in [-0.05, 0) is 50.2 Å². The van der Waals surface area contributed by atoms with Crippen molar-refractivity contribution in [2.24, 2.45) is 0 Å². The van der Waals surface area contributed by atoms with Gasteiger partial charge in [-0.25, -0.2) is 4.21 Å². The van der Waals surface area contributed by atoms with Gasteiger partial charge >= 0.3 is 0 Å². The summed E-state index contributed by atoms with van der Waals surface area (Å²) >= 11 is 5.87. The molecule has 0 fully saturated rings. The number of rotatable bonds is 2. The lowest BCUT2D eigenvalue weighted by Crippen LogP contribution is -1.93. The lowest BCUT2D eigenvalue weighted by Gasteiger charge is -2.02. The Labute approximate surface area is 124 Å². The van der Waals surface area contributed by atoms with E-state index in [1.165, 1.54) is 0 Å². The lowest BCUT2D eigenvalue weighted by atomic mass is 10.2. The molecule has 1 heterocycles. The molecule has 0 saturated carbocycles. The monoisotopic (exact) mass is 304 g/mol. The van der Waals surface area contributed by atoms with E-state index in [2.05, 4.69) is 0 Å². The summed E-state index contributed by atoms with van der Waals surface area (Å²) in [5.41, 5.74) is 1.89. The van der Waals surface area contributed by atoms with Crippen molar-refractivity contribution in [3.63, 3.8) is 0 Å². The third-order valence-corrected chi connectivity index (χ3v) is 5.01. The highest BCUT2D eigenvalue weighted by Gasteiger charge is 2.18. The predicted molar refractivity (Wildman–Crippen MR) is 81.8 cm³/mol. The molecule has 1 unspecified atom stereocenters. The van der Waals surface area contributed by atoms with Gasteiger partial charge < -0.3 is 4.42 Å². The first-order valence-electron chi connectivity index (χ1n) is 6.23. The summed E-state index contributed by atoms with van der Waals surface area (Å²) < 4.78 is 18.5. The highest BCUT2D eigenvalue weighted by Crippen LogP contribution is 2.32. The number of furan rings is 1. The fourth-order valence-corrected chi connectivity index (χ4v) is 3.62. The molecule has 0 aliphatic carbocycles. The van der Waals surface area contributed by atoms with E-state index in [0.29, 0.717) is 10.8 Å². The van der Waals surface area contributed by atoms with Gasteiger partial charge in [0.15, 0.2) is 0 Å². The van der Waals surface area contributed by atoms with Gasteiger partial charge in [-0.15, -0.1) is 0 Å². The van der Waals surface area contributed by atoms with Crippen LogP contribution in [0.25, 0.3) is 11.0 Å². The molecule has 0 aliphatic rings. The summed E-state index contributed by atoms with van der Waals surface area (Å²) in [6, 6.07) is 13.0. The van der Waals surface area contributed by atoms with Crippen molar-refractivity contribution in [3.8, 4) is 0 Å². The molecule has 1 aromatic heterocycles. The Bertz CT molecular complexity index is 803. The van der Waals surface area contributed by atoms with E-state index in [1.807, 2.05) is 32.0 Å². The Balaban J connectivity index is 2.18. The van der Waals surface area contributed by atoms with Crippen molar-refractivity contribution in [1.82, 2.24) is 0 Å². The lowest BCUT2D eigenvalue weighted by molar-refractivity contribution is 0.566. The van der Waals surface area contributed by atoms with E-state index in [0.717, 1.165) is 26.3 Å². The van der Waals surface area contributed by atoms with Gasteiger partial charge in [-0.2, -0.15) is 0 Å². The first-order chi connectivity index (χ1) is 9.56. The first-order valence-corrected chi connectivity index (χ1v) is 7.76. The summed E-state index contributed by atoms with van der Waals surface area (Å²) in [7, 11) is -1.27. The second-order valence-electron chi connectivity index (χ2n) is 4.71. The van der Waals surface area contributed by atoms with Crippen molar-refractivity contribution in [3.05, 3.63) is 58.8 Å². The van der Waals surface area contributed by atoms with Crippen molar-refractivity contribution < 1.29 is 8.63 Å². The fraction of sp³-hybridized carbons (Fsp3) is 0.125. The maximum Gasteiger partial charge on any atom is 0.135 e. The molecule has 0 spiro atoms. The van der Waals surface area contributed by atoms with Crippen LogP contribution in [0.2, 0.25) is 5.02 Å². The first kappa shape index (κ1) is 13.4. The molecule has 0 radical (unpaired) electrons. The zero-order valence-corrected chi connectivity index (χ0v) is 12.7. The minimum atomic E-state index is -1.27. The van der Waals surface area contributed by atoms with Crippen molar-refractivity contribution >= 4 is 33.4 Å². The molecular formula is C16H13ClO2S. The molecule has 1 atom stereocenters. The van der Waals surface area contributed by atoms with Crippen LogP contribution in [0.1, 0.15) is 11.3 Å². The van der Waals surface area contributed by atoms with Gasteiger partial charge in [0.25, 0.3) is 0 Å². The largest absolute Gasteiger partial charge is 0.460 e. The minimum Gasteiger partial charge on any atom is -0.460 e. The summed E-state index contributed by atoms with van der Waals surface area (Å²) in [6.45, 7) is 3.86. The normalized spacial score (nSPS) is 12.8. The smallest absolute Gasteiger partial charge is 0.135 e. The van der Waals surface area contributed by atoms with Crippen LogP contribution < -0.4 is 0 Å². The van der Waals surface area contributed by atoms with Crippen LogP contribution in [0.4, 0.5) is 0 Å². The molecule has 0 N–H and O–H groups in total. The molecule has 3 aromatic rings. The second-order valence-corrected chi connectivity index (χ2v) is 6.56. The number of aryl methyl sites for hydroxylation is 2. The van der Waals surface area contributed by atoms with Gasteiger partial charge in [0.2, 0.25) is 0 Å². The molecule has 4 heteroatoms. The highest BCUT2D eigenvalue weighted by atomic mass is 35.5. The van der Waals surface area contributed by atoms with Gasteiger partial charge in [-0.3, -0.25) is 0 Å². The van der Waals surface area contributed by atoms with Crippen molar-refractivity contribution in [2.75, 3.05) is 0 Å². The molecule has 0 amide bonds. The molecule has 102 valence electrons. The van der Waals surface area contributed by atoms with Crippen molar-refractivity contribution in [1.29, 1.82) is 0 Å². The standard InChI is InChI=1S/C16H13ClO2S/c1-10-3-8-15-14(9-10)16(11(2)19-15)20(18)13-6-4-12(17)5-7-13/h3-9H,1-2H3. The second kappa shape index (κ2) is 5.08. The zero-order valence-electron chi connectivity index (χ0n) is 11.1. The Kier molecular flexibility index (Phi) is 3.40. The summed E-state index contributed by atoms with van der Waals surface area (Å²) in [6.07, 6.45) is 0. The maximum absolute atomic E-state index is 12.8. The maximum atomic E-state index is 12.8. The molecule has 2 aromatic carbocycles. The molecule has 0 saturated heterocycles. The topological polar surface area (TPSA) is 30.2 Å². The molecule has 20 heavy (non-hydrogen) atoms. The van der Waals surface area contributed by atoms with Crippen LogP contribution in [0, 0.1) is 13.8 Å². The van der Waals surface area contributed by atoms with E-state index in [9.17, 15) is 4.21 Å². The summed E-state index contributed by atoms with van der Waals surface area (Å²) in [4.78, 5) is 1.47. The van der Waals surface area contributed by atoms with Gasteiger partial charge in [-0.1, -0.05) is 23.2 Å². The van der Waals surface area contributed by atoms with Crippen molar-refractivity contribution in [2.45, 2.75) is 23.6 Å². The Morgan fingerprint density at radius 3 is 2.45 bits per heavy atom. The summed E-state index contributed by atoms with van der Waals surface area (Å²) in [5, 5.41) is 1.55. The fourth-order valence-electron chi connectivity index (χ4n) is 2.22. The number of benzene rings is 2. The molecular weight excluding hydrogens is 292 g/mol. The van der Waals surface area contributed by atoms with Crippen LogP contribution in [0.15, 0.2) is 56.7 Å². The average Bonchev–Trinajstić information content (AvgIpc) is 2.74. The molecule has 3 rings (SSSR count). The number of hydrogen-bond acceptors (Lipinski definition) is 2. The Morgan fingerprint density at radius 1 is 1.05 bits per heavy atom. The van der Waals surface area contributed by atoms with Gasteiger partial charge in [0.05, 0.1) is 15.7 Å². The van der Waals surface area contributed by atoms with Gasteiger partial charge in [0.1, 0.15) is 11.3 Å². The highest BCUT2D eigenvalue weighted by molar-refractivity contribution is 7.85. The van der Waals surface area contributed by atoms with E-state index in [1.54, 1.807) is 24.3 Å². The average molecular weight is 305 g/mol. The Morgan fingerprint density at radius 2 is 1.75 bits per heavy atom. The predicted octanol–water partition coefficient (Wildman–Crippen LogP) is 4.87. The Hall–Kier alpha value is -1.58. The molecule has 0 bridgehead atoms. The van der Waals surface area contributed by atoms with E-state index < -0.39 is 10.8 Å². The van der Waals surface area contributed by atoms with E-state index in [4.69, 9.17) is 16.0 Å². The number of hydrogen-bond donors (Lipinski definition) is 0. The molecule has 2 nitrogen and oxygen atoms in total. The van der Waals surface area contributed by atoms with Crippen LogP contribution >= 0.6 is 11.6 Å². The van der Waals surface area contributed by atoms with Crippen LogP contribution in [-0.4, -0.2) is 4.21 Å². The quantitative estimate of drug-likeness (QED) is 0.676. The minimum absolute atomic E-state index is 0.635. The third-order valence-electron chi connectivity index (χ3n) is 3.18. The van der Waals surface area contributed by atoms with Crippen LogP contribution in [-0.2, 0) is 10.8 Å². The molecule has 0 aliphatic heterocycles. The van der Waals surface area contributed by atoms with E-state index in [-0.39, 0.29) is 0 Å². The summed E-state index contributed by atoms with van der Waals surface area (Å²) in [5.74, 6) is 0.693.